The van der Waals surface area contributed by atoms with Gasteiger partial charge in [0.25, 0.3) is 0 Å². The van der Waals surface area contributed by atoms with Crippen LogP contribution >= 0.6 is 0 Å². The van der Waals surface area contributed by atoms with E-state index in [0.717, 1.165) is 0 Å². The van der Waals surface area contributed by atoms with Crippen molar-refractivity contribution in [3.05, 3.63) is 0 Å². The van der Waals surface area contributed by atoms with Crippen LogP contribution in [0.25, 0.3) is 0 Å². The minimum absolute atomic E-state index is 0. The van der Waals surface area contributed by atoms with Crippen LogP contribution < -0.4 is 0 Å². The summed E-state index contributed by atoms with van der Waals surface area (Å²) in [5.41, 5.74) is 0. The Morgan fingerprint density at radius 3 is 1.00 bits per heavy atom. The van der Waals surface area contributed by atoms with Crippen molar-refractivity contribution in [3.63, 3.8) is 0 Å². The second-order valence-electron chi connectivity index (χ2n) is 0. The van der Waals surface area contributed by atoms with Crippen LogP contribution in [0.3, 0.4) is 0 Å². The molecule has 0 heterocycles. The molecule has 0 bridgehead atoms. The normalized spacial score (nSPS) is 0. The summed E-state index contributed by atoms with van der Waals surface area (Å²) >= 11 is 0. The smallest absolute Gasteiger partial charge is 0 e. The van der Waals surface area contributed by atoms with Gasteiger partial charge in [-0.1, -0.05) is 0 Å². The van der Waals surface area contributed by atoms with Gasteiger partial charge in [-0.25, -0.2) is 0 Å². The molecule has 0 rings (SSSR count). The fourth-order valence-corrected chi connectivity index (χ4v) is 0. The Labute approximate surface area is 79.3 Å². The van der Waals surface area contributed by atoms with Gasteiger partial charge >= 0.3 is 0 Å². The molecule has 0 saturated carbocycles. The molecular weight excluding hydrogens is 223 g/mol. The van der Waals surface area contributed by atoms with Crippen molar-refractivity contribution < 1.29 is 80.2 Å². The summed E-state index contributed by atoms with van der Waals surface area (Å²) in [6, 6.07) is 0. The molecule has 0 aliphatic rings. The zero-order valence-electron chi connectivity index (χ0n) is 2.21. The Morgan fingerprint density at radius 1 is 1.00 bits per heavy atom. The van der Waals surface area contributed by atoms with Crippen molar-refractivity contribution in [3.8, 4) is 0 Å². The topological polar surface area (TPSA) is 31.5 Å². The van der Waals surface area contributed by atoms with E-state index in [2.05, 4.69) is 0 Å². The summed E-state index contributed by atoms with van der Waals surface area (Å²) in [6.07, 6.45) is 0. The molecule has 0 aliphatic heterocycles. The Hall–Kier alpha value is 2.31. The van der Waals surface area contributed by atoms with Gasteiger partial charge in [-0.3, -0.25) is 0 Å². The SMILES string of the molecule is O.[Cr].[Fe].[Ti].[V]. The molecule has 0 unspecified atom stereocenters. The quantitative estimate of drug-likeness (QED) is 0.481. The van der Waals surface area contributed by atoms with E-state index < -0.39 is 0 Å². The maximum Gasteiger partial charge on any atom is 0 e. The Kier molecular flexibility index (Phi) is 364. The third-order valence-corrected chi connectivity index (χ3v) is 0. The molecule has 0 aromatic carbocycles. The molecule has 0 aromatic rings. The second-order valence-corrected chi connectivity index (χ2v) is 0. The van der Waals surface area contributed by atoms with E-state index in [-0.39, 0.29) is 80.2 Å². The van der Waals surface area contributed by atoms with Crippen molar-refractivity contribution in [2.75, 3.05) is 0 Å². The molecule has 2 N–H and O–H groups in total. The van der Waals surface area contributed by atoms with E-state index in [0.29, 0.717) is 0 Å². The molecule has 0 atom stereocenters. The molecule has 0 aromatic heterocycles. The van der Waals surface area contributed by atoms with Crippen molar-refractivity contribution in [2.24, 2.45) is 0 Å². The van der Waals surface area contributed by atoms with Crippen LogP contribution in [0.15, 0.2) is 0 Å². The minimum atomic E-state index is 0. The number of hydrogen-bond acceptors (Lipinski definition) is 0. The van der Waals surface area contributed by atoms with Crippen molar-refractivity contribution in [1.29, 1.82) is 0 Å². The third kappa shape index (κ3) is 22.0. The van der Waals surface area contributed by atoms with Gasteiger partial charge in [-0.2, -0.15) is 0 Å². The monoisotopic (exact) mass is 225 g/mol. The van der Waals surface area contributed by atoms with Crippen LogP contribution in [0.1, 0.15) is 0 Å². The average molecular weight is 225 g/mol. The van der Waals surface area contributed by atoms with Crippen LogP contribution in [0.4, 0.5) is 0 Å². The third-order valence-electron chi connectivity index (χ3n) is 0. The van der Waals surface area contributed by atoms with E-state index in [9.17, 15) is 0 Å². The zero-order valence-corrected chi connectivity index (χ0v) is 7.55. The predicted octanol–water partition coefficient (Wildman–Crippen LogP) is -0.835. The van der Waals surface area contributed by atoms with Gasteiger partial charge in [0.15, 0.2) is 0 Å². The Bertz CT molecular complexity index is 11.6. The first-order valence-corrected chi connectivity index (χ1v) is 0. The van der Waals surface area contributed by atoms with E-state index in [1.54, 1.807) is 0 Å². The maximum atomic E-state index is 0. The summed E-state index contributed by atoms with van der Waals surface area (Å²) in [7, 11) is 0. The van der Waals surface area contributed by atoms with Crippen LogP contribution in [0, 0.1) is 0 Å². The molecule has 1 nitrogen and oxygen atoms in total. The van der Waals surface area contributed by atoms with Crippen molar-refractivity contribution in [1.82, 2.24) is 0 Å². The Morgan fingerprint density at radius 2 is 1.00 bits per heavy atom. The van der Waals surface area contributed by atoms with Gasteiger partial charge in [0.05, 0.1) is 0 Å². The second kappa shape index (κ2) is 33.3. The molecule has 31 valence electrons. The molecule has 5 heavy (non-hydrogen) atoms. The average Bonchev–Trinajstić information content (AvgIpc) is 0. The summed E-state index contributed by atoms with van der Waals surface area (Å²) in [5, 5.41) is 0. The summed E-state index contributed by atoms with van der Waals surface area (Å²) in [6.45, 7) is 0. The van der Waals surface area contributed by atoms with Crippen LogP contribution in [0.5, 0.6) is 0 Å². The molecule has 0 aliphatic carbocycles. The van der Waals surface area contributed by atoms with Gasteiger partial charge < -0.3 is 5.48 Å². The predicted molar refractivity (Wildman–Crippen MR) is 3.61 cm³/mol. The molecule has 5 heteroatoms. The van der Waals surface area contributed by atoms with Crippen LogP contribution in [0.2, 0.25) is 0 Å². The molecule has 0 amide bonds. The molecular formula is H2CrFeOTiV. The standard InChI is InChI=1S/Cr.Fe.H2O.Ti.V/h;;1H2;;. The number of rotatable bonds is 0. The zero-order chi connectivity index (χ0) is 0. The first kappa shape index (κ1) is 54.5. The van der Waals surface area contributed by atoms with Gasteiger partial charge in [-0.15, -0.1) is 0 Å². The van der Waals surface area contributed by atoms with Gasteiger partial charge in [0.2, 0.25) is 0 Å². The first-order valence-electron chi connectivity index (χ1n) is 0. The molecule has 0 saturated heterocycles. The molecule has 0 fully saturated rings. The summed E-state index contributed by atoms with van der Waals surface area (Å²) in [4.78, 5) is 0. The van der Waals surface area contributed by atoms with E-state index >= 15 is 0 Å². The largest absolute Gasteiger partial charge is 0.412 e. The van der Waals surface area contributed by atoms with Crippen LogP contribution in [-0.2, 0) is 74.7 Å². The summed E-state index contributed by atoms with van der Waals surface area (Å²) < 4.78 is 0. The van der Waals surface area contributed by atoms with E-state index in [4.69, 9.17) is 0 Å². The fourth-order valence-electron chi connectivity index (χ4n) is 0. The van der Waals surface area contributed by atoms with Gasteiger partial charge in [0, 0.05) is 74.7 Å². The van der Waals surface area contributed by atoms with Crippen LogP contribution in [-0.4, -0.2) is 5.48 Å². The minimum Gasteiger partial charge on any atom is -0.412 e. The molecule has 0 spiro atoms. The number of hydrogen-bond donors (Lipinski definition) is 0. The van der Waals surface area contributed by atoms with Crippen molar-refractivity contribution in [2.45, 2.75) is 0 Å². The van der Waals surface area contributed by atoms with E-state index in [1.165, 1.54) is 0 Å². The van der Waals surface area contributed by atoms with Crippen molar-refractivity contribution >= 4 is 0 Å². The van der Waals surface area contributed by atoms with E-state index in [1.807, 2.05) is 0 Å². The maximum absolute atomic E-state index is 0. The molecule has 1 radical (unpaired) electrons. The summed E-state index contributed by atoms with van der Waals surface area (Å²) in [5.74, 6) is 0. The van der Waals surface area contributed by atoms with Gasteiger partial charge in [0.1, 0.15) is 0 Å². The first-order chi connectivity index (χ1) is 0. The Balaban J connectivity index is 0. The van der Waals surface area contributed by atoms with Gasteiger partial charge in [-0.05, 0) is 0 Å². The fraction of sp³-hybridized carbons (Fsp3) is 0.